The number of ketones is 1. The number of rotatable bonds is 5. The first-order valence-electron chi connectivity index (χ1n) is 7.02. The van der Waals surface area contributed by atoms with E-state index in [1.807, 2.05) is 6.07 Å². The van der Waals surface area contributed by atoms with Crippen LogP contribution in [0.1, 0.15) is 42.5 Å². The predicted octanol–water partition coefficient (Wildman–Crippen LogP) is 3.16. The lowest BCUT2D eigenvalue weighted by Crippen LogP contribution is -2.28. The lowest BCUT2D eigenvalue weighted by molar-refractivity contribution is -0.144. The second-order valence-electron chi connectivity index (χ2n) is 5.32. The van der Waals surface area contributed by atoms with Gasteiger partial charge in [0.15, 0.2) is 5.78 Å². The molecule has 20 heavy (non-hydrogen) atoms. The van der Waals surface area contributed by atoms with Crippen LogP contribution in [0.15, 0.2) is 24.3 Å². The normalized spacial score (nSPS) is 22.2. The Kier molecular flexibility index (Phi) is 4.77. The minimum atomic E-state index is -0.775. The van der Waals surface area contributed by atoms with E-state index >= 15 is 0 Å². The number of benzene rings is 1. The number of hydrogen-bond donors (Lipinski definition) is 1. The van der Waals surface area contributed by atoms with Gasteiger partial charge in [-0.2, -0.15) is 0 Å². The topological polar surface area (TPSA) is 63.6 Å². The molecule has 1 fully saturated rings. The van der Waals surface area contributed by atoms with Crippen molar-refractivity contribution in [3.05, 3.63) is 29.8 Å². The van der Waals surface area contributed by atoms with Crippen LogP contribution in [0.25, 0.3) is 0 Å². The van der Waals surface area contributed by atoms with Gasteiger partial charge in [0.25, 0.3) is 0 Å². The molecule has 0 bridgehead atoms. The van der Waals surface area contributed by atoms with Gasteiger partial charge in [-0.05, 0) is 30.9 Å². The van der Waals surface area contributed by atoms with Crippen molar-refractivity contribution in [2.45, 2.75) is 32.1 Å². The maximum absolute atomic E-state index is 12.4. The second-order valence-corrected chi connectivity index (χ2v) is 5.32. The number of carbonyl (C=O) groups is 2. The number of Topliss-reactive ketones (excluding diaryl/α,β-unsaturated/α-hetero) is 1. The third kappa shape index (κ3) is 3.18. The van der Waals surface area contributed by atoms with E-state index in [0.29, 0.717) is 17.7 Å². The summed E-state index contributed by atoms with van der Waals surface area (Å²) in [5.41, 5.74) is 0.546. The van der Waals surface area contributed by atoms with Crippen LogP contribution in [-0.2, 0) is 4.79 Å². The quantitative estimate of drug-likeness (QED) is 0.839. The average molecular weight is 276 g/mol. The van der Waals surface area contributed by atoms with Crippen LogP contribution in [-0.4, -0.2) is 24.0 Å². The van der Waals surface area contributed by atoms with E-state index < -0.39 is 5.97 Å². The van der Waals surface area contributed by atoms with Gasteiger partial charge >= 0.3 is 5.97 Å². The molecule has 0 radical (unpaired) electrons. The van der Waals surface area contributed by atoms with E-state index in [1.165, 1.54) is 7.11 Å². The number of methoxy groups -OCH3 is 1. The van der Waals surface area contributed by atoms with Gasteiger partial charge in [-0.1, -0.05) is 25.0 Å². The number of para-hydroxylation sites is 1. The second kappa shape index (κ2) is 6.55. The number of carboxylic acids is 1. The zero-order valence-corrected chi connectivity index (χ0v) is 11.7. The number of carbonyl (C=O) groups excluding carboxylic acids is 1. The van der Waals surface area contributed by atoms with Gasteiger partial charge < -0.3 is 9.84 Å². The first kappa shape index (κ1) is 14.6. The van der Waals surface area contributed by atoms with Crippen molar-refractivity contribution in [1.82, 2.24) is 0 Å². The summed E-state index contributed by atoms with van der Waals surface area (Å²) < 4.78 is 5.19. The van der Waals surface area contributed by atoms with Gasteiger partial charge in [0.2, 0.25) is 0 Å². The van der Waals surface area contributed by atoms with E-state index in [9.17, 15) is 14.7 Å². The van der Waals surface area contributed by atoms with Crippen LogP contribution in [0.5, 0.6) is 5.75 Å². The molecule has 0 aliphatic heterocycles. The van der Waals surface area contributed by atoms with E-state index in [-0.39, 0.29) is 24.0 Å². The highest BCUT2D eigenvalue weighted by Crippen LogP contribution is 2.34. The molecular formula is C16H20O4. The molecule has 1 aromatic carbocycles. The minimum absolute atomic E-state index is 0.0272. The largest absolute Gasteiger partial charge is 0.496 e. The summed E-state index contributed by atoms with van der Waals surface area (Å²) in [4.78, 5) is 23.7. The molecule has 0 heterocycles. The third-order valence-electron chi connectivity index (χ3n) is 4.08. The summed E-state index contributed by atoms with van der Waals surface area (Å²) in [7, 11) is 1.53. The molecule has 4 nitrogen and oxygen atoms in total. The Bertz CT molecular complexity index is 495. The van der Waals surface area contributed by atoms with Crippen LogP contribution in [0.2, 0.25) is 0 Å². The Morgan fingerprint density at radius 1 is 1.25 bits per heavy atom. The Morgan fingerprint density at radius 3 is 2.65 bits per heavy atom. The maximum Gasteiger partial charge on any atom is 0.306 e. The van der Waals surface area contributed by atoms with Crippen molar-refractivity contribution < 1.29 is 19.4 Å². The lowest BCUT2D eigenvalue weighted by atomic mass is 9.76. The number of ether oxygens (including phenoxy) is 1. The molecule has 108 valence electrons. The van der Waals surface area contributed by atoms with Crippen molar-refractivity contribution in [2.75, 3.05) is 7.11 Å². The van der Waals surface area contributed by atoms with Crippen molar-refractivity contribution in [3.8, 4) is 5.75 Å². The third-order valence-corrected chi connectivity index (χ3v) is 4.08. The Labute approximate surface area is 118 Å². The molecule has 1 saturated carbocycles. The van der Waals surface area contributed by atoms with Gasteiger partial charge in [0, 0.05) is 6.42 Å². The van der Waals surface area contributed by atoms with Crippen LogP contribution in [0.4, 0.5) is 0 Å². The minimum Gasteiger partial charge on any atom is -0.496 e. The van der Waals surface area contributed by atoms with Crippen LogP contribution in [0.3, 0.4) is 0 Å². The molecule has 4 heteroatoms. The van der Waals surface area contributed by atoms with E-state index in [4.69, 9.17) is 4.74 Å². The number of aliphatic carboxylic acids is 1. The monoisotopic (exact) mass is 276 g/mol. The highest BCUT2D eigenvalue weighted by Gasteiger charge is 2.32. The summed E-state index contributed by atoms with van der Waals surface area (Å²) >= 11 is 0. The summed E-state index contributed by atoms with van der Waals surface area (Å²) in [5.74, 6) is -0.690. The lowest BCUT2D eigenvalue weighted by Gasteiger charge is -2.28. The van der Waals surface area contributed by atoms with E-state index in [0.717, 1.165) is 19.3 Å². The highest BCUT2D eigenvalue weighted by atomic mass is 16.5. The number of hydrogen-bond acceptors (Lipinski definition) is 3. The van der Waals surface area contributed by atoms with Crippen molar-refractivity contribution in [1.29, 1.82) is 0 Å². The van der Waals surface area contributed by atoms with Crippen molar-refractivity contribution in [2.24, 2.45) is 11.8 Å². The molecule has 1 aromatic rings. The molecular weight excluding hydrogens is 256 g/mol. The molecule has 2 atom stereocenters. The van der Waals surface area contributed by atoms with Crippen molar-refractivity contribution >= 4 is 11.8 Å². The van der Waals surface area contributed by atoms with E-state index in [2.05, 4.69) is 0 Å². The molecule has 0 aromatic heterocycles. The molecule has 0 unspecified atom stereocenters. The smallest absolute Gasteiger partial charge is 0.306 e. The first-order chi connectivity index (χ1) is 9.63. The fourth-order valence-electron chi connectivity index (χ4n) is 3.00. The summed E-state index contributed by atoms with van der Waals surface area (Å²) in [6, 6.07) is 7.10. The molecule has 1 N–H and O–H groups in total. The molecule has 2 rings (SSSR count). The van der Waals surface area contributed by atoms with Gasteiger partial charge in [-0.3, -0.25) is 9.59 Å². The zero-order chi connectivity index (χ0) is 14.5. The number of carboxylic acid groups (broad SMARTS) is 1. The van der Waals surface area contributed by atoms with Crippen LogP contribution >= 0.6 is 0 Å². The maximum atomic E-state index is 12.4. The summed E-state index contributed by atoms with van der Waals surface area (Å²) in [5, 5.41) is 9.26. The first-order valence-corrected chi connectivity index (χ1v) is 7.02. The van der Waals surface area contributed by atoms with Gasteiger partial charge in [-0.25, -0.2) is 0 Å². The van der Waals surface area contributed by atoms with Gasteiger partial charge in [0.1, 0.15) is 5.75 Å². The van der Waals surface area contributed by atoms with Crippen LogP contribution in [0, 0.1) is 11.8 Å². The molecule has 0 saturated heterocycles. The average Bonchev–Trinajstić information content (AvgIpc) is 2.47. The highest BCUT2D eigenvalue weighted by molar-refractivity contribution is 5.99. The fraction of sp³-hybridized carbons (Fsp3) is 0.500. The predicted molar refractivity (Wildman–Crippen MR) is 75.0 cm³/mol. The SMILES string of the molecule is COc1ccccc1C(=O)C[C@@H]1CCCC[C@@H]1C(=O)O. The van der Waals surface area contributed by atoms with E-state index in [1.54, 1.807) is 18.2 Å². The Morgan fingerprint density at radius 2 is 1.95 bits per heavy atom. The fourth-order valence-corrected chi connectivity index (χ4v) is 3.00. The van der Waals surface area contributed by atoms with Gasteiger partial charge in [0.05, 0.1) is 18.6 Å². The van der Waals surface area contributed by atoms with Crippen molar-refractivity contribution in [3.63, 3.8) is 0 Å². The van der Waals surface area contributed by atoms with Gasteiger partial charge in [-0.15, -0.1) is 0 Å². The standard InChI is InChI=1S/C16H20O4/c1-20-15-9-5-4-8-13(15)14(17)10-11-6-2-3-7-12(11)16(18)19/h4-5,8-9,11-12H,2-3,6-7,10H2,1H3,(H,18,19)/t11-,12-/m0/s1. The molecule has 0 spiro atoms. The molecule has 1 aliphatic carbocycles. The summed E-state index contributed by atoms with van der Waals surface area (Å²) in [6.07, 6.45) is 3.73. The van der Waals surface area contributed by atoms with Crippen LogP contribution < -0.4 is 4.74 Å². The Balaban J connectivity index is 2.11. The zero-order valence-electron chi connectivity index (χ0n) is 11.7. The molecule has 0 amide bonds. The summed E-state index contributed by atoms with van der Waals surface area (Å²) in [6.45, 7) is 0. The molecule has 1 aliphatic rings. The Hall–Kier alpha value is -1.84.